The summed E-state index contributed by atoms with van der Waals surface area (Å²) >= 11 is 0. The number of rotatable bonds is 12. The number of carboxylic acids is 2. The second-order valence-electron chi connectivity index (χ2n) is 8.07. The second kappa shape index (κ2) is 11.0. The summed E-state index contributed by atoms with van der Waals surface area (Å²) in [6, 6.07) is 12.0. The van der Waals surface area contributed by atoms with E-state index >= 15 is 0 Å². The zero-order valence-corrected chi connectivity index (χ0v) is 18.4. The van der Waals surface area contributed by atoms with Crippen molar-refractivity contribution in [1.82, 2.24) is 0 Å². The molecular formula is C25H32O6. The van der Waals surface area contributed by atoms with E-state index in [0.717, 1.165) is 32.1 Å². The molecular weight excluding hydrogens is 396 g/mol. The highest BCUT2D eigenvalue weighted by Crippen LogP contribution is 2.28. The summed E-state index contributed by atoms with van der Waals surface area (Å²) in [6.45, 7) is 6.36. The summed E-state index contributed by atoms with van der Waals surface area (Å²) in [6.07, 6.45) is 4.32. The van der Waals surface area contributed by atoms with Gasteiger partial charge in [-0.3, -0.25) is 0 Å². The Hall–Kier alpha value is -2.86. The van der Waals surface area contributed by atoms with Gasteiger partial charge in [-0.25, -0.2) is 9.59 Å². The molecule has 0 spiro atoms. The third-order valence-corrected chi connectivity index (χ3v) is 5.99. The molecule has 2 aromatic rings. The van der Waals surface area contributed by atoms with Crippen molar-refractivity contribution >= 4 is 11.9 Å². The van der Waals surface area contributed by atoms with Gasteiger partial charge in [-0.05, 0) is 73.4 Å². The van der Waals surface area contributed by atoms with Crippen LogP contribution in [0, 0.1) is 0 Å². The lowest BCUT2D eigenvalue weighted by molar-refractivity contribution is 0.0209. The number of hydrogen-bond acceptors (Lipinski definition) is 4. The number of hydrogen-bond donors (Lipinski definition) is 3. The quantitative estimate of drug-likeness (QED) is 0.413. The lowest BCUT2D eigenvalue weighted by atomic mass is 9.88. The highest BCUT2D eigenvalue weighted by atomic mass is 16.5. The van der Waals surface area contributed by atoms with Crippen LogP contribution < -0.4 is 4.74 Å². The van der Waals surface area contributed by atoms with Crippen molar-refractivity contribution in [3.8, 4) is 5.75 Å². The van der Waals surface area contributed by atoms with E-state index in [0.29, 0.717) is 17.2 Å². The van der Waals surface area contributed by atoms with Crippen LogP contribution in [0.15, 0.2) is 42.5 Å². The molecule has 0 aliphatic carbocycles. The first kappa shape index (κ1) is 24.4. The Morgan fingerprint density at radius 2 is 1.58 bits per heavy atom. The van der Waals surface area contributed by atoms with Crippen molar-refractivity contribution in [1.29, 1.82) is 0 Å². The van der Waals surface area contributed by atoms with E-state index in [1.54, 1.807) is 6.07 Å². The molecule has 0 saturated carbocycles. The minimum Gasteiger partial charge on any atom is -0.489 e. The van der Waals surface area contributed by atoms with Crippen molar-refractivity contribution in [3.05, 3.63) is 64.7 Å². The number of carbonyl (C=O) groups is 2. The van der Waals surface area contributed by atoms with E-state index in [-0.39, 0.29) is 17.7 Å². The van der Waals surface area contributed by atoms with E-state index in [4.69, 9.17) is 9.84 Å². The summed E-state index contributed by atoms with van der Waals surface area (Å²) in [5.74, 6) is -1.53. The zero-order valence-electron chi connectivity index (χ0n) is 18.4. The van der Waals surface area contributed by atoms with Gasteiger partial charge in [0.05, 0.1) is 16.7 Å². The summed E-state index contributed by atoms with van der Waals surface area (Å²) in [5.41, 5.74) is 0.726. The molecule has 6 heteroatoms. The first-order chi connectivity index (χ1) is 14.7. The second-order valence-corrected chi connectivity index (χ2v) is 8.07. The Labute approximate surface area is 183 Å². The van der Waals surface area contributed by atoms with Gasteiger partial charge in [-0.1, -0.05) is 39.0 Å². The Bertz CT molecular complexity index is 883. The third-order valence-electron chi connectivity index (χ3n) is 5.99. The summed E-state index contributed by atoms with van der Waals surface area (Å²) in [5, 5.41) is 28.7. The molecule has 0 aliphatic heterocycles. The standard InChI is InChI=1S/C25H32O6/c1-4-25(30,5-2)14-6-7-17(3)19-9-11-20(12-10-19)31-16-18-8-13-21(23(26)27)22(15-18)24(28)29/h8-13,15,17,30H,4-7,14,16H2,1-3H3,(H,26,27)(H,28,29). The van der Waals surface area contributed by atoms with Crippen LogP contribution in [0.5, 0.6) is 5.75 Å². The number of carboxylic acid groups (broad SMARTS) is 2. The summed E-state index contributed by atoms with van der Waals surface area (Å²) < 4.78 is 5.74. The first-order valence-electron chi connectivity index (χ1n) is 10.7. The molecule has 2 rings (SSSR count). The van der Waals surface area contributed by atoms with Gasteiger partial charge in [0.1, 0.15) is 12.4 Å². The van der Waals surface area contributed by atoms with E-state index in [1.807, 2.05) is 38.1 Å². The smallest absolute Gasteiger partial charge is 0.336 e. The summed E-state index contributed by atoms with van der Waals surface area (Å²) in [7, 11) is 0. The number of aromatic carboxylic acids is 2. The molecule has 0 bridgehead atoms. The maximum absolute atomic E-state index is 11.3. The zero-order chi connectivity index (χ0) is 23.0. The highest BCUT2D eigenvalue weighted by Gasteiger charge is 2.21. The van der Waals surface area contributed by atoms with Crippen molar-refractivity contribution < 1.29 is 29.6 Å². The van der Waals surface area contributed by atoms with Gasteiger partial charge in [0.2, 0.25) is 0 Å². The average Bonchev–Trinajstić information content (AvgIpc) is 2.77. The van der Waals surface area contributed by atoms with E-state index in [1.165, 1.54) is 17.7 Å². The molecule has 0 amide bonds. The lowest BCUT2D eigenvalue weighted by Crippen LogP contribution is -2.26. The number of ether oxygens (including phenoxy) is 1. The molecule has 6 nitrogen and oxygen atoms in total. The van der Waals surface area contributed by atoms with Gasteiger partial charge in [0.25, 0.3) is 0 Å². The highest BCUT2D eigenvalue weighted by molar-refractivity contribution is 6.01. The maximum atomic E-state index is 11.3. The molecule has 0 fully saturated rings. The van der Waals surface area contributed by atoms with Crippen LogP contribution in [0.1, 0.15) is 90.6 Å². The maximum Gasteiger partial charge on any atom is 0.336 e. The molecule has 3 N–H and O–H groups in total. The van der Waals surface area contributed by atoms with Gasteiger partial charge in [0, 0.05) is 0 Å². The monoisotopic (exact) mass is 428 g/mol. The summed E-state index contributed by atoms with van der Waals surface area (Å²) in [4.78, 5) is 22.4. The molecule has 0 saturated heterocycles. The molecule has 0 aromatic heterocycles. The Morgan fingerprint density at radius 1 is 0.968 bits per heavy atom. The molecule has 168 valence electrons. The van der Waals surface area contributed by atoms with Gasteiger partial charge < -0.3 is 20.1 Å². The van der Waals surface area contributed by atoms with Crippen molar-refractivity contribution in [3.63, 3.8) is 0 Å². The normalized spacial score (nSPS) is 12.4. The molecule has 1 atom stereocenters. The molecule has 2 aromatic carbocycles. The minimum absolute atomic E-state index is 0.141. The van der Waals surface area contributed by atoms with Gasteiger partial charge in [0.15, 0.2) is 0 Å². The van der Waals surface area contributed by atoms with Crippen LogP contribution in [0.3, 0.4) is 0 Å². The molecule has 0 radical (unpaired) electrons. The van der Waals surface area contributed by atoms with Gasteiger partial charge >= 0.3 is 11.9 Å². The first-order valence-corrected chi connectivity index (χ1v) is 10.7. The van der Waals surface area contributed by atoms with Crippen LogP contribution >= 0.6 is 0 Å². The molecule has 0 heterocycles. The van der Waals surface area contributed by atoms with Crippen LogP contribution in [0.25, 0.3) is 0 Å². The van der Waals surface area contributed by atoms with Crippen molar-refractivity contribution in [2.45, 2.75) is 71.0 Å². The Kier molecular flexibility index (Phi) is 8.63. The number of aliphatic hydroxyl groups is 1. The predicted molar refractivity (Wildman–Crippen MR) is 119 cm³/mol. The average molecular weight is 429 g/mol. The predicted octanol–water partition coefficient (Wildman–Crippen LogP) is 5.49. The van der Waals surface area contributed by atoms with E-state index < -0.39 is 17.5 Å². The minimum atomic E-state index is -1.28. The Balaban J connectivity index is 1.93. The van der Waals surface area contributed by atoms with Crippen LogP contribution in [-0.4, -0.2) is 32.9 Å². The lowest BCUT2D eigenvalue weighted by Gasteiger charge is -2.25. The molecule has 31 heavy (non-hydrogen) atoms. The largest absolute Gasteiger partial charge is 0.489 e. The SMILES string of the molecule is CCC(O)(CC)CCCC(C)c1ccc(OCc2ccc(C(=O)O)c(C(=O)O)c2)cc1. The Morgan fingerprint density at radius 3 is 2.13 bits per heavy atom. The topological polar surface area (TPSA) is 104 Å². The molecule has 0 aliphatic rings. The van der Waals surface area contributed by atoms with Crippen LogP contribution in [0.4, 0.5) is 0 Å². The fourth-order valence-electron chi connectivity index (χ4n) is 3.61. The van der Waals surface area contributed by atoms with Crippen LogP contribution in [0.2, 0.25) is 0 Å². The fourth-order valence-corrected chi connectivity index (χ4v) is 3.61. The van der Waals surface area contributed by atoms with Gasteiger partial charge in [-0.2, -0.15) is 0 Å². The van der Waals surface area contributed by atoms with Gasteiger partial charge in [-0.15, -0.1) is 0 Å². The third kappa shape index (κ3) is 6.82. The van der Waals surface area contributed by atoms with Crippen LogP contribution in [-0.2, 0) is 6.61 Å². The van der Waals surface area contributed by atoms with Crippen molar-refractivity contribution in [2.75, 3.05) is 0 Å². The van der Waals surface area contributed by atoms with Crippen molar-refractivity contribution in [2.24, 2.45) is 0 Å². The number of benzene rings is 2. The van der Waals surface area contributed by atoms with E-state index in [9.17, 15) is 19.8 Å². The molecule has 1 unspecified atom stereocenters. The fraction of sp³-hybridized carbons (Fsp3) is 0.440. The van der Waals surface area contributed by atoms with E-state index in [2.05, 4.69) is 6.92 Å².